The minimum absolute atomic E-state index is 0.00879. The van der Waals surface area contributed by atoms with Crippen LogP contribution < -0.4 is 16.4 Å². The molecule has 2 rings (SSSR count). The van der Waals surface area contributed by atoms with E-state index in [1.165, 1.54) is 0 Å². The summed E-state index contributed by atoms with van der Waals surface area (Å²) in [4.78, 5) is 23.2. The summed E-state index contributed by atoms with van der Waals surface area (Å²) in [7, 11) is 0. The summed E-state index contributed by atoms with van der Waals surface area (Å²) in [5, 5.41) is 5.60. The Labute approximate surface area is 106 Å². The maximum absolute atomic E-state index is 12.0. The normalized spacial score (nSPS) is 14.9. The van der Waals surface area contributed by atoms with E-state index in [1.54, 1.807) is 18.2 Å². The Hall–Kier alpha value is -1.88. The topological polar surface area (TPSA) is 84.2 Å². The number of nitrogens with one attached hydrogen (secondary N) is 2. The van der Waals surface area contributed by atoms with Crippen LogP contribution in [0, 0.1) is 0 Å². The lowest BCUT2D eigenvalue weighted by Crippen LogP contribution is -2.39. The van der Waals surface area contributed by atoms with Gasteiger partial charge in [0, 0.05) is 23.8 Å². The molecule has 1 atom stereocenters. The molecule has 18 heavy (non-hydrogen) atoms. The van der Waals surface area contributed by atoms with E-state index in [0.29, 0.717) is 18.5 Å². The highest BCUT2D eigenvalue weighted by Gasteiger charge is 2.19. The van der Waals surface area contributed by atoms with Gasteiger partial charge < -0.3 is 16.4 Å². The Bertz CT molecular complexity index is 481. The number of amides is 2. The molecule has 0 aliphatic carbocycles. The second-order valence-corrected chi connectivity index (χ2v) is 4.41. The molecule has 0 fully saturated rings. The third kappa shape index (κ3) is 2.51. The first-order valence-electron chi connectivity index (χ1n) is 6.07. The molecule has 1 unspecified atom stereocenters. The summed E-state index contributed by atoms with van der Waals surface area (Å²) in [6.07, 6.45) is 1.14. The molecule has 0 radical (unpaired) electrons. The maximum Gasteiger partial charge on any atom is 0.251 e. The summed E-state index contributed by atoms with van der Waals surface area (Å²) >= 11 is 0. The number of hydrogen-bond acceptors (Lipinski definition) is 3. The molecule has 4 N–H and O–H groups in total. The van der Waals surface area contributed by atoms with Crippen LogP contribution >= 0.6 is 0 Å². The SMILES string of the molecule is CCC(CN)NC(=O)c1ccc2c(c1)CC(=O)N2. The van der Waals surface area contributed by atoms with Gasteiger partial charge in [-0.25, -0.2) is 0 Å². The lowest BCUT2D eigenvalue weighted by Gasteiger charge is -2.14. The summed E-state index contributed by atoms with van der Waals surface area (Å²) in [5.74, 6) is -0.176. The molecule has 0 bridgehead atoms. The fraction of sp³-hybridized carbons (Fsp3) is 0.385. The molecule has 96 valence electrons. The highest BCUT2D eigenvalue weighted by Crippen LogP contribution is 2.23. The number of nitrogens with two attached hydrogens (primary N) is 1. The zero-order valence-corrected chi connectivity index (χ0v) is 10.3. The predicted octanol–water partition coefficient (Wildman–Crippen LogP) is 0.648. The average Bonchev–Trinajstić information content (AvgIpc) is 2.74. The van der Waals surface area contributed by atoms with Gasteiger partial charge >= 0.3 is 0 Å². The molecule has 0 saturated heterocycles. The molecule has 1 heterocycles. The molecule has 0 spiro atoms. The van der Waals surface area contributed by atoms with Crippen molar-refractivity contribution in [3.63, 3.8) is 0 Å². The van der Waals surface area contributed by atoms with E-state index in [9.17, 15) is 9.59 Å². The molecule has 1 aromatic carbocycles. The molecular weight excluding hydrogens is 230 g/mol. The molecule has 1 aliphatic heterocycles. The quantitative estimate of drug-likeness (QED) is 0.730. The monoisotopic (exact) mass is 247 g/mol. The van der Waals surface area contributed by atoms with Crippen molar-refractivity contribution in [2.45, 2.75) is 25.8 Å². The first-order chi connectivity index (χ1) is 8.63. The number of carbonyl (C=O) groups is 2. The van der Waals surface area contributed by atoms with Crippen molar-refractivity contribution in [2.75, 3.05) is 11.9 Å². The summed E-state index contributed by atoms with van der Waals surface area (Å²) in [6, 6.07) is 5.22. The van der Waals surface area contributed by atoms with Gasteiger partial charge in [-0.3, -0.25) is 9.59 Å². The second kappa shape index (κ2) is 5.18. The van der Waals surface area contributed by atoms with E-state index in [0.717, 1.165) is 17.7 Å². The molecule has 1 aliphatic rings. The van der Waals surface area contributed by atoms with Gasteiger partial charge in [-0.05, 0) is 30.2 Å². The Morgan fingerprint density at radius 1 is 1.56 bits per heavy atom. The van der Waals surface area contributed by atoms with Crippen LogP contribution in [0.1, 0.15) is 29.3 Å². The fourth-order valence-corrected chi connectivity index (χ4v) is 1.97. The number of carbonyl (C=O) groups excluding carboxylic acids is 2. The van der Waals surface area contributed by atoms with Crippen molar-refractivity contribution < 1.29 is 9.59 Å². The van der Waals surface area contributed by atoms with Crippen LogP contribution in [0.5, 0.6) is 0 Å². The first kappa shape index (κ1) is 12.6. The number of fused-ring (bicyclic) bond motifs is 1. The van der Waals surface area contributed by atoms with Gasteiger partial charge in [0.25, 0.3) is 5.91 Å². The van der Waals surface area contributed by atoms with Crippen LogP contribution in [-0.2, 0) is 11.2 Å². The zero-order chi connectivity index (χ0) is 13.1. The third-order valence-electron chi connectivity index (χ3n) is 3.11. The lowest BCUT2D eigenvalue weighted by molar-refractivity contribution is -0.115. The number of rotatable bonds is 4. The summed E-state index contributed by atoms with van der Waals surface area (Å²) in [5.41, 5.74) is 7.78. The zero-order valence-electron chi connectivity index (χ0n) is 10.3. The molecule has 1 aromatic rings. The molecule has 5 heteroatoms. The fourth-order valence-electron chi connectivity index (χ4n) is 1.97. The van der Waals surface area contributed by atoms with Crippen molar-refractivity contribution in [2.24, 2.45) is 5.73 Å². The van der Waals surface area contributed by atoms with Crippen LogP contribution in [0.3, 0.4) is 0 Å². The Morgan fingerprint density at radius 3 is 3.00 bits per heavy atom. The molecule has 5 nitrogen and oxygen atoms in total. The van der Waals surface area contributed by atoms with Crippen LogP contribution in [0.15, 0.2) is 18.2 Å². The van der Waals surface area contributed by atoms with E-state index in [1.807, 2.05) is 6.92 Å². The van der Waals surface area contributed by atoms with E-state index in [-0.39, 0.29) is 17.9 Å². The van der Waals surface area contributed by atoms with Gasteiger partial charge in [-0.15, -0.1) is 0 Å². The smallest absolute Gasteiger partial charge is 0.251 e. The average molecular weight is 247 g/mol. The van der Waals surface area contributed by atoms with Crippen LogP contribution in [-0.4, -0.2) is 24.4 Å². The maximum atomic E-state index is 12.0. The van der Waals surface area contributed by atoms with Gasteiger partial charge in [0.2, 0.25) is 5.91 Å². The van der Waals surface area contributed by atoms with E-state index < -0.39 is 0 Å². The summed E-state index contributed by atoms with van der Waals surface area (Å²) < 4.78 is 0. The minimum Gasteiger partial charge on any atom is -0.348 e. The molecule has 2 amide bonds. The second-order valence-electron chi connectivity index (χ2n) is 4.41. The van der Waals surface area contributed by atoms with Gasteiger partial charge in [0.05, 0.1) is 6.42 Å². The Kier molecular flexibility index (Phi) is 3.62. The predicted molar refractivity (Wildman–Crippen MR) is 69.4 cm³/mol. The van der Waals surface area contributed by atoms with Crippen LogP contribution in [0.25, 0.3) is 0 Å². The highest BCUT2D eigenvalue weighted by molar-refractivity contribution is 6.01. The first-order valence-corrected chi connectivity index (χ1v) is 6.07. The van der Waals surface area contributed by atoms with Crippen molar-refractivity contribution in [1.82, 2.24) is 5.32 Å². The Balaban J connectivity index is 2.13. The van der Waals surface area contributed by atoms with E-state index >= 15 is 0 Å². The van der Waals surface area contributed by atoms with Crippen LogP contribution in [0.4, 0.5) is 5.69 Å². The third-order valence-corrected chi connectivity index (χ3v) is 3.11. The van der Waals surface area contributed by atoms with Gasteiger partial charge in [0.15, 0.2) is 0 Å². The molecule has 0 saturated carbocycles. The van der Waals surface area contributed by atoms with Crippen LogP contribution in [0.2, 0.25) is 0 Å². The van der Waals surface area contributed by atoms with Crippen molar-refractivity contribution >= 4 is 17.5 Å². The van der Waals surface area contributed by atoms with E-state index in [4.69, 9.17) is 5.73 Å². The van der Waals surface area contributed by atoms with Gasteiger partial charge in [-0.2, -0.15) is 0 Å². The minimum atomic E-state index is -0.144. The standard InChI is InChI=1S/C13H17N3O2/c1-2-10(7-14)15-13(18)8-3-4-11-9(5-8)6-12(17)16-11/h3-5,10H,2,6-7,14H2,1H3,(H,15,18)(H,16,17). The van der Waals surface area contributed by atoms with Crippen molar-refractivity contribution in [3.8, 4) is 0 Å². The summed E-state index contributed by atoms with van der Waals surface area (Å²) in [6.45, 7) is 2.40. The van der Waals surface area contributed by atoms with Crippen molar-refractivity contribution in [3.05, 3.63) is 29.3 Å². The molecule has 0 aromatic heterocycles. The number of benzene rings is 1. The number of anilines is 1. The number of hydrogen-bond donors (Lipinski definition) is 3. The van der Waals surface area contributed by atoms with Gasteiger partial charge in [0.1, 0.15) is 0 Å². The van der Waals surface area contributed by atoms with Crippen molar-refractivity contribution in [1.29, 1.82) is 0 Å². The molecular formula is C13H17N3O2. The Morgan fingerprint density at radius 2 is 2.33 bits per heavy atom. The lowest BCUT2D eigenvalue weighted by atomic mass is 10.1. The van der Waals surface area contributed by atoms with Gasteiger partial charge in [-0.1, -0.05) is 6.92 Å². The highest BCUT2D eigenvalue weighted by atomic mass is 16.2. The largest absolute Gasteiger partial charge is 0.348 e. The van der Waals surface area contributed by atoms with E-state index in [2.05, 4.69) is 10.6 Å².